The SMILES string of the molecule is CCN(C(=O)CSc1nnc2n(-c3cccc(C)c3C)c(=O)c3ccccc3n12)C1=CCCC1. The minimum Gasteiger partial charge on any atom is -0.316 e. The number of fused-ring (bicyclic) bond motifs is 3. The highest BCUT2D eigenvalue weighted by Crippen LogP contribution is 2.27. The Balaban J connectivity index is 1.61. The number of aromatic nitrogens is 4. The Morgan fingerprint density at radius 1 is 1.12 bits per heavy atom. The molecule has 0 aliphatic heterocycles. The lowest BCUT2D eigenvalue weighted by atomic mass is 10.1. The number of carbonyl (C=O) groups is 1. The van der Waals surface area contributed by atoms with Gasteiger partial charge in [-0.25, -0.2) is 4.57 Å². The number of rotatable bonds is 6. The molecule has 7 nitrogen and oxygen atoms in total. The van der Waals surface area contributed by atoms with Gasteiger partial charge in [0.15, 0.2) is 5.16 Å². The van der Waals surface area contributed by atoms with Crippen LogP contribution in [0.15, 0.2) is 64.2 Å². The van der Waals surface area contributed by atoms with Crippen LogP contribution in [0.2, 0.25) is 0 Å². The van der Waals surface area contributed by atoms with Crippen LogP contribution in [0.3, 0.4) is 0 Å². The van der Waals surface area contributed by atoms with Gasteiger partial charge in [0.05, 0.1) is 22.3 Å². The Kier molecular flexibility index (Phi) is 6.00. The molecule has 1 aliphatic carbocycles. The normalized spacial score (nSPS) is 13.6. The Morgan fingerprint density at radius 2 is 1.94 bits per heavy atom. The Bertz CT molecular complexity index is 1500. The quantitative estimate of drug-likeness (QED) is 0.381. The average molecular weight is 474 g/mol. The van der Waals surface area contributed by atoms with E-state index in [1.54, 1.807) is 4.57 Å². The van der Waals surface area contributed by atoms with Crippen LogP contribution < -0.4 is 5.56 Å². The Hall–Kier alpha value is -3.39. The maximum absolute atomic E-state index is 13.6. The second-order valence-electron chi connectivity index (χ2n) is 8.51. The molecule has 1 amide bonds. The van der Waals surface area contributed by atoms with Crippen molar-refractivity contribution in [1.29, 1.82) is 0 Å². The summed E-state index contributed by atoms with van der Waals surface area (Å²) in [5, 5.41) is 10.00. The predicted molar refractivity (Wildman–Crippen MR) is 136 cm³/mol. The predicted octanol–water partition coefficient (Wildman–Crippen LogP) is 4.66. The molecule has 0 unspecified atom stereocenters. The van der Waals surface area contributed by atoms with Gasteiger partial charge in [-0.1, -0.05) is 42.1 Å². The molecule has 4 aromatic rings. The summed E-state index contributed by atoms with van der Waals surface area (Å²) < 4.78 is 3.52. The third-order valence-corrected chi connectivity index (χ3v) is 7.43. The first-order chi connectivity index (χ1) is 16.5. The van der Waals surface area contributed by atoms with Crippen LogP contribution in [0, 0.1) is 13.8 Å². The second-order valence-corrected chi connectivity index (χ2v) is 9.45. The summed E-state index contributed by atoms with van der Waals surface area (Å²) >= 11 is 1.35. The fourth-order valence-electron chi connectivity index (χ4n) is 4.61. The summed E-state index contributed by atoms with van der Waals surface area (Å²) in [4.78, 5) is 28.5. The van der Waals surface area contributed by atoms with Crippen LogP contribution in [-0.2, 0) is 4.79 Å². The largest absolute Gasteiger partial charge is 0.316 e. The third-order valence-electron chi connectivity index (χ3n) is 6.52. The standard InChI is InChI=1S/C26H27N5O2S/c1-4-29(19-11-5-6-12-19)23(32)16-34-26-28-27-25-30(21-15-9-10-17(2)18(21)3)24(33)20-13-7-8-14-22(20)31(25)26/h7-11,13-15H,4-6,12,16H2,1-3H3. The molecule has 0 fully saturated rings. The van der Waals surface area contributed by atoms with E-state index in [4.69, 9.17) is 0 Å². The number of hydrogen-bond donors (Lipinski definition) is 0. The van der Waals surface area contributed by atoms with Crippen LogP contribution in [-0.4, -0.2) is 42.3 Å². The van der Waals surface area contributed by atoms with E-state index < -0.39 is 0 Å². The van der Waals surface area contributed by atoms with E-state index in [-0.39, 0.29) is 17.2 Å². The zero-order chi connectivity index (χ0) is 23.8. The van der Waals surface area contributed by atoms with E-state index in [1.165, 1.54) is 11.8 Å². The molecule has 2 heterocycles. The highest BCUT2D eigenvalue weighted by atomic mass is 32.2. The summed E-state index contributed by atoms with van der Waals surface area (Å²) in [6.07, 6.45) is 5.24. The van der Waals surface area contributed by atoms with Crippen LogP contribution in [0.4, 0.5) is 0 Å². The molecule has 2 aromatic heterocycles. The maximum Gasteiger partial charge on any atom is 0.267 e. The molecule has 0 atom stereocenters. The number of allylic oxidation sites excluding steroid dienone is 2. The van der Waals surface area contributed by atoms with Crippen molar-refractivity contribution < 1.29 is 4.79 Å². The van der Waals surface area contributed by atoms with Gasteiger partial charge in [0, 0.05) is 12.2 Å². The van der Waals surface area contributed by atoms with Crippen LogP contribution in [0.1, 0.15) is 37.3 Å². The van der Waals surface area contributed by atoms with Gasteiger partial charge in [-0.05, 0) is 69.4 Å². The van der Waals surface area contributed by atoms with Crippen LogP contribution >= 0.6 is 11.8 Å². The lowest BCUT2D eigenvalue weighted by molar-refractivity contribution is -0.126. The van der Waals surface area contributed by atoms with Crippen molar-refractivity contribution in [3.8, 4) is 5.69 Å². The number of thioether (sulfide) groups is 1. The van der Waals surface area contributed by atoms with Crippen molar-refractivity contribution in [3.63, 3.8) is 0 Å². The highest BCUT2D eigenvalue weighted by molar-refractivity contribution is 7.99. The summed E-state index contributed by atoms with van der Waals surface area (Å²) in [5.41, 5.74) is 4.60. The smallest absolute Gasteiger partial charge is 0.267 e. The molecule has 0 N–H and O–H groups in total. The van der Waals surface area contributed by atoms with Crippen molar-refractivity contribution in [1.82, 2.24) is 24.1 Å². The first-order valence-electron chi connectivity index (χ1n) is 11.6. The number of carbonyl (C=O) groups excluding carboxylic acids is 1. The van der Waals surface area contributed by atoms with E-state index in [0.29, 0.717) is 22.9 Å². The van der Waals surface area contributed by atoms with Gasteiger partial charge in [-0.15, -0.1) is 10.2 Å². The maximum atomic E-state index is 13.6. The van der Waals surface area contributed by atoms with Crippen molar-refractivity contribution in [2.24, 2.45) is 0 Å². The minimum absolute atomic E-state index is 0.0598. The van der Waals surface area contributed by atoms with Gasteiger partial charge in [0.1, 0.15) is 0 Å². The molecule has 0 radical (unpaired) electrons. The van der Waals surface area contributed by atoms with E-state index in [9.17, 15) is 9.59 Å². The van der Waals surface area contributed by atoms with E-state index in [0.717, 1.165) is 47.3 Å². The first kappa shape index (κ1) is 22.4. The molecule has 1 aliphatic rings. The van der Waals surface area contributed by atoms with E-state index in [2.05, 4.69) is 16.3 Å². The number of amides is 1. The fourth-order valence-corrected chi connectivity index (χ4v) is 5.43. The summed E-state index contributed by atoms with van der Waals surface area (Å²) in [5.74, 6) is 0.755. The van der Waals surface area contributed by atoms with Crippen molar-refractivity contribution in [2.45, 2.75) is 45.2 Å². The van der Waals surface area contributed by atoms with Crippen molar-refractivity contribution in [3.05, 3.63) is 75.7 Å². The molecule has 174 valence electrons. The van der Waals surface area contributed by atoms with Gasteiger partial charge >= 0.3 is 0 Å². The Morgan fingerprint density at radius 3 is 2.71 bits per heavy atom. The topological polar surface area (TPSA) is 72.5 Å². The third kappa shape index (κ3) is 3.72. The molecule has 0 saturated heterocycles. The zero-order valence-corrected chi connectivity index (χ0v) is 20.4. The second kappa shape index (κ2) is 9.10. The molecular formula is C26H27N5O2S. The van der Waals surface area contributed by atoms with Gasteiger partial charge in [-0.2, -0.15) is 0 Å². The molecule has 0 saturated carbocycles. The molecular weight excluding hydrogens is 446 g/mol. The molecule has 34 heavy (non-hydrogen) atoms. The lowest BCUT2D eigenvalue weighted by Crippen LogP contribution is -2.31. The monoisotopic (exact) mass is 473 g/mol. The van der Waals surface area contributed by atoms with Gasteiger partial charge in [0.2, 0.25) is 11.7 Å². The fraction of sp³-hybridized carbons (Fsp3) is 0.308. The van der Waals surface area contributed by atoms with Gasteiger partial charge in [0.25, 0.3) is 5.56 Å². The molecule has 0 spiro atoms. The van der Waals surface area contributed by atoms with Gasteiger partial charge in [-0.3, -0.25) is 14.0 Å². The number of aryl methyl sites for hydroxylation is 1. The van der Waals surface area contributed by atoms with E-state index >= 15 is 0 Å². The number of hydrogen-bond acceptors (Lipinski definition) is 5. The van der Waals surface area contributed by atoms with Gasteiger partial charge < -0.3 is 4.90 Å². The number of nitrogens with zero attached hydrogens (tertiary/aromatic N) is 5. The average Bonchev–Trinajstić information content (AvgIpc) is 3.52. The van der Waals surface area contributed by atoms with Crippen molar-refractivity contribution in [2.75, 3.05) is 12.3 Å². The van der Waals surface area contributed by atoms with E-state index in [1.807, 2.05) is 72.5 Å². The summed E-state index contributed by atoms with van der Waals surface area (Å²) in [6, 6.07) is 13.4. The Labute approximate surface area is 202 Å². The lowest BCUT2D eigenvalue weighted by Gasteiger charge is -2.22. The molecule has 5 rings (SSSR count). The molecule has 0 bridgehead atoms. The zero-order valence-electron chi connectivity index (χ0n) is 19.6. The minimum atomic E-state index is -0.137. The number of benzene rings is 2. The van der Waals surface area contributed by atoms with Crippen molar-refractivity contribution >= 4 is 34.3 Å². The molecule has 2 aromatic carbocycles. The highest BCUT2D eigenvalue weighted by Gasteiger charge is 2.22. The molecule has 8 heteroatoms. The summed E-state index contributed by atoms with van der Waals surface area (Å²) in [6.45, 7) is 6.69. The van der Waals surface area contributed by atoms with Crippen LogP contribution in [0.25, 0.3) is 22.4 Å². The summed E-state index contributed by atoms with van der Waals surface area (Å²) in [7, 11) is 0. The van der Waals surface area contributed by atoms with Crippen LogP contribution in [0.5, 0.6) is 0 Å². The number of para-hydroxylation sites is 1. The first-order valence-corrected chi connectivity index (χ1v) is 12.6.